The van der Waals surface area contributed by atoms with E-state index >= 15 is 0 Å². The maximum atomic E-state index is 12.3. The molecular weight excluding hydrogens is 386 g/mol. The number of aryl methyl sites for hydroxylation is 1. The minimum Gasteiger partial charge on any atom is -0.497 e. The van der Waals surface area contributed by atoms with Crippen molar-refractivity contribution in [1.29, 1.82) is 5.26 Å². The van der Waals surface area contributed by atoms with Gasteiger partial charge in [0.15, 0.2) is 0 Å². The molecule has 1 atom stereocenters. The summed E-state index contributed by atoms with van der Waals surface area (Å²) >= 11 is 1.16. The van der Waals surface area contributed by atoms with Crippen molar-refractivity contribution in [3.63, 3.8) is 0 Å². The number of thioether (sulfide) groups is 1. The lowest BCUT2D eigenvalue weighted by molar-refractivity contribution is -0.121. The van der Waals surface area contributed by atoms with E-state index in [1.165, 1.54) is 0 Å². The zero-order valence-corrected chi connectivity index (χ0v) is 17.0. The van der Waals surface area contributed by atoms with Gasteiger partial charge in [-0.05, 0) is 42.3 Å². The fourth-order valence-corrected chi connectivity index (χ4v) is 3.99. The van der Waals surface area contributed by atoms with Gasteiger partial charge in [-0.3, -0.25) is 9.59 Å². The van der Waals surface area contributed by atoms with Crippen LogP contribution in [0.2, 0.25) is 0 Å². The fourth-order valence-electron chi connectivity index (χ4n) is 3.11. The first-order chi connectivity index (χ1) is 14.0. The lowest BCUT2D eigenvalue weighted by atomic mass is 9.87. The largest absolute Gasteiger partial charge is 0.497 e. The van der Waals surface area contributed by atoms with Crippen molar-refractivity contribution in [1.82, 2.24) is 5.32 Å². The Balaban J connectivity index is 1.74. The number of ether oxygens (including phenoxy) is 1. The van der Waals surface area contributed by atoms with Gasteiger partial charge in [-0.15, -0.1) is 0 Å². The smallest absolute Gasteiger partial charge is 0.234 e. The van der Waals surface area contributed by atoms with Gasteiger partial charge in [-0.2, -0.15) is 5.26 Å². The van der Waals surface area contributed by atoms with E-state index in [0.29, 0.717) is 22.0 Å². The molecule has 2 amide bonds. The molecule has 2 aromatic rings. The number of benzene rings is 2. The molecule has 0 spiro atoms. The molecule has 0 fully saturated rings. The number of nitrogens with zero attached hydrogens (tertiary/aromatic N) is 1. The molecule has 1 heterocycles. The van der Waals surface area contributed by atoms with E-state index in [4.69, 9.17) is 4.74 Å². The molecule has 2 N–H and O–H groups in total. The number of hydrogen-bond acceptors (Lipinski definition) is 5. The molecule has 0 radical (unpaired) electrons. The number of allylic oxidation sites excluding steroid dienone is 1. The SMILES string of the molecule is COc1ccc([C@@H]2CC(=O)NC(SCC(=O)Nc3cccc(C)c3)=C2C#N)cc1. The Hall–Kier alpha value is -3.24. The van der Waals surface area contributed by atoms with E-state index in [9.17, 15) is 14.9 Å². The van der Waals surface area contributed by atoms with Crippen molar-refractivity contribution < 1.29 is 14.3 Å². The van der Waals surface area contributed by atoms with Gasteiger partial charge in [0.05, 0.1) is 29.5 Å². The quantitative estimate of drug-likeness (QED) is 0.762. The second kappa shape index (κ2) is 9.30. The highest BCUT2D eigenvalue weighted by Crippen LogP contribution is 2.36. The van der Waals surface area contributed by atoms with Gasteiger partial charge in [0, 0.05) is 18.0 Å². The topological polar surface area (TPSA) is 91.2 Å². The second-order valence-corrected chi connectivity index (χ2v) is 7.62. The van der Waals surface area contributed by atoms with Crippen LogP contribution < -0.4 is 15.4 Å². The molecule has 7 heteroatoms. The van der Waals surface area contributed by atoms with Crippen LogP contribution in [0.25, 0.3) is 0 Å². The third kappa shape index (κ3) is 5.18. The molecule has 6 nitrogen and oxygen atoms in total. The Labute approximate surface area is 173 Å². The van der Waals surface area contributed by atoms with Crippen LogP contribution >= 0.6 is 11.8 Å². The van der Waals surface area contributed by atoms with Gasteiger partial charge in [0.2, 0.25) is 11.8 Å². The number of methoxy groups -OCH3 is 1. The number of rotatable bonds is 6. The fraction of sp³-hybridized carbons (Fsp3) is 0.227. The number of nitrogens with one attached hydrogen (secondary N) is 2. The molecule has 0 unspecified atom stereocenters. The molecule has 0 aromatic heterocycles. The van der Waals surface area contributed by atoms with Gasteiger partial charge in [0.25, 0.3) is 0 Å². The third-order valence-electron chi connectivity index (χ3n) is 4.52. The number of nitriles is 1. The maximum absolute atomic E-state index is 12.3. The van der Waals surface area contributed by atoms with Gasteiger partial charge >= 0.3 is 0 Å². The van der Waals surface area contributed by atoms with E-state index in [1.54, 1.807) is 19.2 Å². The van der Waals surface area contributed by atoms with Crippen LogP contribution in [-0.2, 0) is 9.59 Å². The van der Waals surface area contributed by atoms with E-state index in [1.807, 2.05) is 43.3 Å². The summed E-state index contributed by atoms with van der Waals surface area (Å²) in [6.45, 7) is 1.95. The first-order valence-electron chi connectivity index (χ1n) is 9.07. The van der Waals surface area contributed by atoms with Crippen LogP contribution in [-0.4, -0.2) is 24.7 Å². The normalized spacial score (nSPS) is 16.0. The Morgan fingerprint density at radius 3 is 2.72 bits per heavy atom. The molecule has 0 aliphatic carbocycles. The second-order valence-electron chi connectivity index (χ2n) is 6.64. The molecule has 0 saturated heterocycles. The average molecular weight is 407 g/mol. The van der Waals surface area contributed by atoms with Crippen molar-refractivity contribution in [3.8, 4) is 11.8 Å². The van der Waals surface area contributed by atoms with Crippen LogP contribution in [0.15, 0.2) is 59.1 Å². The summed E-state index contributed by atoms with van der Waals surface area (Å²) in [7, 11) is 1.58. The first kappa shape index (κ1) is 20.5. The summed E-state index contributed by atoms with van der Waals surface area (Å²) in [5, 5.41) is 15.7. The first-order valence-corrected chi connectivity index (χ1v) is 10.1. The van der Waals surface area contributed by atoms with Gasteiger partial charge < -0.3 is 15.4 Å². The zero-order valence-electron chi connectivity index (χ0n) is 16.2. The van der Waals surface area contributed by atoms with E-state index in [2.05, 4.69) is 16.7 Å². The molecule has 0 saturated carbocycles. The molecule has 148 valence electrons. The molecule has 0 bridgehead atoms. The monoisotopic (exact) mass is 407 g/mol. The van der Waals surface area contributed by atoms with Gasteiger partial charge in [-0.25, -0.2) is 0 Å². The van der Waals surface area contributed by atoms with Crippen LogP contribution in [0, 0.1) is 18.3 Å². The number of carbonyl (C=O) groups is 2. The summed E-state index contributed by atoms with van der Waals surface area (Å²) in [4.78, 5) is 24.5. The minimum absolute atomic E-state index is 0.0874. The van der Waals surface area contributed by atoms with Crippen molar-refractivity contribution in [2.24, 2.45) is 0 Å². The van der Waals surface area contributed by atoms with Crippen LogP contribution in [0.5, 0.6) is 5.75 Å². The van der Waals surface area contributed by atoms with E-state index in [0.717, 1.165) is 22.9 Å². The highest BCUT2D eigenvalue weighted by molar-refractivity contribution is 8.03. The van der Waals surface area contributed by atoms with Gasteiger partial charge in [-0.1, -0.05) is 36.0 Å². The number of amides is 2. The molecule has 1 aliphatic rings. The van der Waals surface area contributed by atoms with Crippen LogP contribution in [0.3, 0.4) is 0 Å². The number of carbonyl (C=O) groups excluding carboxylic acids is 2. The Kier molecular flexibility index (Phi) is 6.57. The number of hydrogen-bond donors (Lipinski definition) is 2. The predicted molar refractivity (Wildman–Crippen MR) is 113 cm³/mol. The minimum atomic E-state index is -0.345. The van der Waals surface area contributed by atoms with Gasteiger partial charge in [0.1, 0.15) is 5.75 Å². The van der Waals surface area contributed by atoms with E-state index < -0.39 is 0 Å². The molecule has 2 aromatic carbocycles. The van der Waals surface area contributed by atoms with Crippen LogP contribution in [0.1, 0.15) is 23.5 Å². The van der Waals surface area contributed by atoms with Crippen molar-refractivity contribution in [2.75, 3.05) is 18.2 Å². The average Bonchev–Trinajstić information content (AvgIpc) is 2.72. The Morgan fingerprint density at radius 2 is 2.07 bits per heavy atom. The summed E-state index contributed by atoms with van der Waals surface area (Å²) < 4.78 is 5.17. The summed E-state index contributed by atoms with van der Waals surface area (Å²) in [6, 6.07) is 17.0. The molecular formula is C22H21N3O3S. The molecule has 3 rings (SSSR count). The lowest BCUT2D eigenvalue weighted by Gasteiger charge is -2.25. The Morgan fingerprint density at radius 1 is 1.31 bits per heavy atom. The highest BCUT2D eigenvalue weighted by Gasteiger charge is 2.29. The molecule has 1 aliphatic heterocycles. The zero-order chi connectivity index (χ0) is 20.8. The summed E-state index contributed by atoms with van der Waals surface area (Å²) in [5.41, 5.74) is 3.09. The maximum Gasteiger partial charge on any atom is 0.234 e. The number of anilines is 1. The van der Waals surface area contributed by atoms with E-state index in [-0.39, 0.29) is 29.9 Å². The highest BCUT2D eigenvalue weighted by atomic mass is 32.2. The van der Waals surface area contributed by atoms with Crippen molar-refractivity contribution in [3.05, 3.63) is 70.3 Å². The van der Waals surface area contributed by atoms with Crippen LogP contribution in [0.4, 0.5) is 5.69 Å². The molecule has 29 heavy (non-hydrogen) atoms. The Bertz CT molecular complexity index is 993. The van der Waals surface area contributed by atoms with Crippen molar-refractivity contribution in [2.45, 2.75) is 19.3 Å². The van der Waals surface area contributed by atoms with Crippen molar-refractivity contribution >= 4 is 29.3 Å². The summed E-state index contributed by atoms with van der Waals surface area (Å²) in [5.74, 6) is 0.0721. The standard InChI is InChI=1S/C22H21N3O3S/c1-14-4-3-5-16(10-14)24-21(27)13-29-22-19(12-23)18(11-20(26)25-22)15-6-8-17(28-2)9-7-15/h3-10,18H,11,13H2,1-2H3,(H,24,27)(H,25,26)/t18-/m0/s1. The summed E-state index contributed by atoms with van der Waals surface area (Å²) in [6.07, 6.45) is 0.189. The third-order valence-corrected chi connectivity index (χ3v) is 5.54. The lowest BCUT2D eigenvalue weighted by Crippen LogP contribution is -2.31. The predicted octanol–water partition coefficient (Wildman–Crippen LogP) is 3.71.